The van der Waals surface area contributed by atoms with Crippen molar-refractivity contribution < 1.29 is 9.90 Å². The Hall–Kier alpha value is -1.84. The molecule has 112 valence electrons. The van der Waals surface area contributed by atoms with Gasteiger partial charge >= 0.3 is 0 Å². The van der Waals surface area contributed by atoms with Crippen molar-refractivity contribution in [1.29, 1.82) is 0 Å². The Kier molecular flexibility index (Phi) is 5.94. The Bertz CT molecular complexity index is 601. The average Bonchev–Trinajstić information content (AvgIpc) is 2.47. The third-order valence-corrected chi connectivity index (χ3v) is 3.55. The molecule has 3 N–H and O–H groups in total. The van der Waals surface area contributed by atoms with Gasteiger partial charge in [-0.15, -0.1) is 12.4 Å². The van der Waals surface area contributed by atoms with E-state index in [1.54, 1.807) is 12.1 Å². The number of benzene rings is 2. The van der Waals surface area contributed by atoms with E-state index >= 15 is 0 Å². The van der Waals surface area contributed by atoms with Crippen LogP contribution in [0.2, 0.25) is 0 Å². The van der Waals surface area contributed by atoms with Gasteiger partial charge in [0.05, 0.1) is 5.54 Å². The third kappa shape index (κ3) is 4.06. The van der Waals surface area contributed by atoms with Crippen LogP contribution in [0, 0.1) is 0 Å². The number of hydrogen-bond donors (Lipinski definition) is 2. The zero-order valence-electron chi connectivity index (χ0n) is 12.0. The molecule has 0 aliphatic heterocycles. The van der Waals surface area contributed by atoms with Crippen molar-refractivity contribution in [1.82, 2.24) is 0 Å². The average molecular weight is 306 g/mol. The number of ketones is 1. The molecule has 4 heteroatoms. The molecular weight excluding hydrogens is 286 g/mol. The maximum atomic E-state index is 12.6. The summed E-state index contributed by atoms with van der Waals surface area (Å²) in [5.74, 6) is -0.0613. The molecule has 0 amide bonds. The summed E-state index contributed by atoms with van der Waals surface area (Å²) in [5.41, 5.74) is 6.86. The highest BCUT2D eigenvalue weighted by atomic mass is 35.5. The zero-order chi connectivity index (χ0) is 14.6. The lowest BCUT2D eigenvalue weighted by Gasteiger charge is -2.27. The Balaban J connectivity index is 0.00000220. The Morgan fingerprint density at radius 1 is 1.14 bits per heavy atom. The quantitative estimate of drug-likeness (QED) is 0.833. The number of carbonyl (C=O) groups is 1. The fourth-order valence-corrected chi connectivity index (χ4v) is 2.26. The van der Waals surface area contributed by atoms with E-state index < -0.39 is 5.54 Å². The van der Waals surface area contributed by atoms with Crippen molar-refractivity contribution in [2.45, 2.75) is 25.3 Å². The van der Waals surface area contributed by atoms with Crippen LogP contribution in [0.4, 0.5) is 0 Å². The normalized spacial score (nSPS) is 13.0. The zero-order valence-corrected chi connectivity index (χ0v) is 12.8. The van der Waals surface area contributed by atoms with Gasteiger partial charge in [0.25, 0.3) is 0 Å². The molecule has 1 unspecified atom stereocenters. The molecule has 0 saturated carbocycles. The van der Waals surface area contributed by atoms with Crippen molar-refractivity contribution in [3.8, 4) is 5.75 Å². The highest BCUT2D eigenvalue weighted by molar-refractivity contribution is 6.03. The maximum Gasteiger partial charge on any atom is 0.183 e. The smallest absolute Gasteiger partial charge is 0.183 e. The molecule has 0 spiro atoms. The van der Waals surface area contributed by atoms with Crippen LogP contribution >= 0.6 is 12.4 Å². The van der Waals surface area contributed by atoms with E-state index in [0.717, 1.165) is 5.56 Å². The number of hydrogen-bond acceptors (Lipinski definition) is 3. The lowest BCUT2D eigenvalue weighted by atomic mass is 9.82. The van der Waals surface area contributed by atoms with Crippen LogP contribution in [0.3, 0.4) is 0 Å². The standard InChI is InChI=1S/C17H19NO2.ClH/c1-2-17(18,12-13-7-4-3-5-8-13)16(20)14-9-6-10-15(19)11-14;/h3-11,19H,2,12,18H2,1H3;1H. The molecule has 0 fully saturated rings. The first-order valence-electron chi connectivity index (χ1n) is 6.72. The van der Waals surface area contributed by atoms with Crippen LogP contribution in [-0.4, -0.2) is 16.4 Å². The molecule has 0 radical (unpaired) electrons. The molecule has 0 heterocycles. The van der Waals surface area contributed by atoms with Gasteiger partial charge in [0.15, 0.2) is 5.78 Å². The molecule has 0 aliphatic carbocycles. The topological polar surface area (TPSA) is 63.3 Å². The van der Waals surface area contributed by atoms with Crippen LogP contribution in [-0.2, 0) is 6.42 Å². The second-order valence-electron chi connectivity index (χ2n) is 5.05. The van der Waals surface area contributed by atoms with Gasteiger partial charge in [-0.3, -0.25) is 4.79 Å². The monoisotopic (exact) mass is 305 g/mol. The summed E-state index contributed by atoms with van der Waals surface area (Å²) in [6.07, 6.45) is 1.02. The number of nitrogens with two attached hydrogens (primary N) is 1. The van der Waals surface area contributed by atoms with Gasteiger partial charge in [0.2, 0.25) is 0 Å². The minimum atomic E-state index is -0.949. The van der Waals surface area contributed by atoms with Crippen molar-refractivity contribution in [2.75, 3.05) is 0 Å². The molecule has 0 aromatic heterocycles. The van der Waals surface area contributed by atoms with E-state index in [-0.39, 0.29) is 23.9 Å². The van der Waals surface area contributed by atoms with Gasteiger partial charge in [-0.25, -0.2) is 0 Å². The molecule has 21 heavy (non-hydrogen) atoms. The molecule has 1 atom stereocenters. The first-order valence-corrected chi connectivity index (χ1v) is 6.72. The van der Waals surface area contributed by atoms with Crippen molar-refractivity contribution >= 4 is 18.2 Å². The number of phenolic OH excluding ortho intramolecular Hbond substituents is 1. The first-order chi connectivity index (χ1) is 9.55. The number of aromatic hydroxyl groups is 1. The Morgan fingerprint density at radius 2 is 1.81 bits per heavy atom. The van der Waals surface area contributed by atoms with Crippen molar-refractivity contribution in [2.24, 2.45) is 5.73 Å². The Morgan fingerprint density at radius 3 is 2.38 bits per heavy atom. The first kappa shape index (κ1) is 17.2. The summed E-state index contributed by atoms with van der Waals surface area (Å²) in [4.78, 5) is 12.6. The summed E-state index contributed by atoms with van der Waals surface area (Å²) < 4.78 is 0. The molecule has 2 rings (SSSR count). The van der Waals surface area contributed by atoms with Gasteiger partial charge in [-0.05, 0) is 30.5 Å². The molecule has 2 aromatic carbocycles. The van der Waals surface area contributed by atoms with Gasteiger partial charge < -0.3 is 10.8 Å². The van der Waals surface area contributed by atoms with Crippen LogP contribution in [0.5, 0.6) is 5.75 Å². The van der Waals surface area contributed by atoms with E-state index in [2.05, 4.69) is 0 Å². The Labute approximate surface area is 131 Å². The summed E-state index contributed by atoms with van der Waals surface area (Å²) in [6.45, 7) is 1.91. The summed E-state index contributed by atoms with van der Waals surface area (Å²) in [5, 5.41) is 9.50. The predicted molar refractivity (Wildman–Crippen MR) is 87.0 cm³/mol. The number of halogens is 1. The lowest BCUT2D eigenvalue weighted by molar-refractivity contribution is 0.0882. The lowest BCUT2D eigenvalue weighted by Crippen LogP contribution is -2.49. The highest BCUT2D eigenvalue weighted by Gasteiger charge is 2.33. The van der Waals surface area contributed by atoms with Crippen molar-refractivity contribution in [3.05, 3.63) is 65.7 Å². The van der Waals surface area contributed by atoms with E-state index in [0.29, 0.717) is 18.4 Å². The van der Waals surface area contributed by atoms with Crippen LogP contribution in [0.25, 0.3) is 0 Å². The number of carbonyl (C=O) groups excluding carboxylic acids is 1. The fraction of sp³-hybridized carbons (Fsp3) is 0.235. The SMILES string of the molecule is CCC(N)(Cc1ccccc1)C(=O)c1cccc(O)c1.Cl. The second kappa shape index (κ2) is 7.25. The van der Waals surface area contributed by atoms with Crippen LogP contribution < -0.4 is 5.73 Å². The van der Waals surface area contributed by atoms with Gasteiger partial charge in [-0.1, -0.05) is 49.4 Å². The highest BCUT2D eigenvalue weighted by Crippen LogP contribution is 2.22. The largest absolute Gasteiger partial charge is 0.508 e. The van der Waals surface area contributed by atoms with E-state index in [1.807, 2.05) is 37.3 Å². The number of rotatable bonds is 5. The fourth-order valence-electron chi connectivity index (χ4n) is 2.26. The summed E-state index contributed by atoms with van der Waals surface area (Å²) >= 11 is 0. The minimum absolute atomic E-state index is 0. The molecule has 2 aromatic rings. The predicted octanol–water partition coefficient (Wildman–Crippen LogP) is 3.35. The van der Waals surface area contributed by atoms with Crippen LogP contribution in [0.15, 0.2) is 54.6 Å². The molecule has 0 aliphatic rings. The third-order valence-electron chi connectivity index (χ3n) is 3.55. The van der Waals surface area contributed by atoms with Gasteiger partial charge in [0.1, 0.15) is 5.75 Å². The van der Waals surface area contributed by atoms with Crippen molar-refractivity contribution in [3.63, 3.8) is 0 Å². The number of phenols is 1. The molecular formula is C17H20ClNO2. The van der Waals surface area contributed by atoms with Crippen LogP contribution in [0.1, 0.15) is 29.3 Å². The summed E-state index contributed by atoms with van der Waals surface area (Å²) in [6, 6.07) is 16.1. The minimum Gasteiger partial charge on any atom is -0.508 e. The van der Waals surface area contributed by atoms with Gasteiger partial charge in [0, 0.05) is 5.56 Å². The second-order valence-corrected chi connectivity index (χ2v) is 5.05. The van der Waals surface area contributed by atoms with Gasteiger partial charge in [-0.2, -0.15) is 0 Å². The molecule has 0 bridgehead atoms. The maximum absolute atomic E-state index is 12.6. The number of Topliss-reactive ketones (excluding diaryl/α,β-unsaturated/α-hetero) is 1. The van der Waals surface area contributed by atoms with E-state index in [1.165, 1.54) is 12.1 Å². The van der Waals surface area contributed by atoms with E-state index in [4.69, 9.17) is 5.73 Å². The summed E-state index contributed by atoms with van der Waals surface area (Å²) in [7, 11) is 0. The van der Waals surface area contributed by atoms with E-state index in [9.17, 15) is 9.90 Å². The molecule has 0 saturated heterocycles. The molecule has 3 nitrogen and oxygen atoms in total.